The zero-order valence-electron chi connectivity index (χ0n) is 20.8. The van der Waals surface area contributed by atoms with Crippen molar-refractivity contribution in [3.8, 4) is 11.5 Å². The van der Waals surface area contributed by atoms with Crippen molar-refractivity contribution in [2.45, 2.75) is 20.4 Å². The van der Waals surface area contributed by atoms with Crippen LogP contribution >= 0.6 is 35.0 Å². The van der Waals surface area contributed by atoms with Gasteiger partial charge in [0.2, 0.25) is 0 Å². The van der Waals surface area contributed by atoms with E-state index in [1.165, 1.54) is 7.11 Å². The van der Waals surface area contributed by atoms with Crippen LogP contribution in [0.25, 0.3) is 6.08 Å². The molecule has 38 heavy (non-hydrogen) atoms. The number of methoxy groups -OCH3 is 1. The minimum Gasteiger partial charge on any atom is -0.493 e. The number of nitrogens with zero attached hydrogens (tertiary/aromatic N) is 1. The predicted octanol–water partition coefficient (Wildman–Crippen LogP) is 6.87. The highest BCUT2D eigenvalue weighted by Crippen LogP contribution is 2.36. The molecule has 1 fully saturated rings. The minimum atomic E-state index is -0.409. The number of carbonyl (C=O) groups is 3. The number of aryl methyl sites for hydroxylation is 1. The van der Waals surface area contributed by atoms with Gasteiger partial charge in [-0.05, 0) is 84.3 Å². The van der Waals surface area contributed by atoms with Crippen molar-refractivity contribution in [2.75, 3.05) is 19.0 Å². The number of anilines is 1. The van der Waals surface area contributed by atoms with Crippen molar-refractivity contribution in [2.24, 2.45) is 0 Å². The van der Waals surface area contributed by atoms with Crippen molar-refractivity contribution in [3.05, 3.63) is 91.8 Å². The molecule has 0 aromatic heterocycles. The molecule has 0 spiro atoms. The zero-order chi connectivity index (χ0) is 27.4. The number of hydrogen-bond donors (Lipinski definition) is 1. The third-order valence-corrected chi connectivity index (χ3v) is 7.57. The van der Waals surface area contributed by atoms with Gasteiger partial charge in [0.25, 0.3) is 17.1 Å². The Bertz CT molecular complexity index is 1460. The van der Waals surface area contributed by atoms with E-state index in [9.17, 15) is 14.4 Å². The van der Waals surface area contributed by atoms with E-state index in [4.69, 9.17) is 32.7 Å². The quantitative estimate of drug-likeness (QED) is 0.297. The Balaban J connectivity index is 1.43. The van der Waals surface area contributed by atoms with Gasteiger partial charge in [0, 0.05) is 5.69 Å². The maximum Gasteiger partial charge on any atom is 0.293 e. The maximum atomic E-state index is 12.9. The number of nitrogens with one attached hydrogen (secondary N) is 1. The Morgan fingerprint density at radius 2 is 1.82 bits per heavy atom. The van der Waals surface area contributed by atoms with E-state index in [0.29, 0.717) is 32.7 Å². The second-order valence-electron chi connectivity index (χ2n) is 8.51. The molecule has 1 N–H and O–H groups in total. The molecule has 196 valence electrons. The molecule has 7 nitrogen and oxygen atoms in total. The molecule has 10 heteroatoms. The summed E-state index contributed by atoms with van der Waals surface area (Å²) < 4.78 is 11.1. The lowest BCUT2D eigenvalue weighted by molar-refractivity contribution is -0.123. The maximum absolute atomic E-state index is 12.9. The number of rotatable bonds is 8. The molecule has 1 aliphatic rings. The third kappa shape index (κ3) is 6.32. The zero-order valence-corrected chi connectivity index (χ0v) is 23.2. The number of thioether (sulfide) groups is 1. The first-order valence-corrected chi connectivity index (χ1v) is 13.1. The summed E-state index contributed by atoms with van der Waals surface area (Å²) in [5.41, 5.74) is 4.12. The van der Waals surface area contributed by atoms with E-state index in [2.05, 4.69) is 5.32 Å². The highest BCUT2D eigenvalue weighted by molar-refractivity contribution is 8.18. The Morgan fingerprint density at radius 1 is 1.03 bits per heavy atom. The first-order valence-electron chi connectivity index (χ1n) is 11.5. The number of halogens is 2. The Hall–Kier alpha value is -3.46. The van der Waals surface area contributed by atoms with Gasteiger partial charge in [0.1, 0.15) is 0 Å². The molecule has 0 atom stereocenters. The van der Waals surface area contributed by atoms with Gasteiger partial charge in [-0.15, -0.1) is 0 Å². The summed E-state index contributed by atoms with van der Waals surface area (Å²) in [5.74, 6) is 0.0377. The third-order valence-electron chi connectivity index (χ3n) is 5.92. The van der Waals surface area contributed by atoms with Gasteiger partial charge in [-0.2, -0.15) is 0 Å². The van der Waals surface area contributed by atoms with Gasteiger partial charge in [-0.3, -0.25) is 19.3 Å². The summed E-state index contributed by atoms with van der Waals surface area (Å²) in [4.78, 5) is 39.3. The highest BCUT2D eigenvalue weighted by atomic mass is 35.5. The fourth-order valence-electron chi connectivity index (χ4n) is 3.72. The van der Waals surface area contributed by atoms with E-state index in [1.54, 1.807) is 42.5 Å². The largest absolute Gasteiger partial charge is 0.493 e. The second kappa shape index (κ2) is 11.9. The summed E-state index contributed by atoms with van der Waals surface area (Å²) in [6.45, 7) is 3.79. The van der Waals surface area contributed by atoms with E-state index < -0.39 is 5.91 Å². The molecule has 1 aliphatic heterocycles. The van der Waals surface area contributed by atoms with Crippen LogP contribution in [0.5, 0.6) is 11.5 Å². The average Bonchev–Trinajstić information content (AvgIpc) is 3.15. The molecule has 3 amide bonds. The molecule has 3 aromatic rings. The van der Waals surface area contributed by atoms with Crippen LogP contribution in [0.15, 0.2) is 59.5 Å². The van der Waals surface area contributed by atoms with Crippen LogP contribution < -0.4 is 14.8 Å². The molecule has 1 heterocycles. The van der Waals surface area contributed by atoms with Crippen molar-refractivity contribution in [3.63, 3.8) is 0 Å². The van der Waals surface area contributed by atoms with Crippen LogP contribution in [0.3, 0.4) is 0 Å². The summed E-state index contributed by atoms with van der Waals surface area (Å²) >= 11 is 12.9. The van der Waals surface area contributed by atoms with Crippen molar-refractivity contribution < 1.29 is 23.9 Å². The lowest BCUT2D eigenvalue weighted by Gasteiger charge is -2.13. The molecule has 0 bridgehead atoms. The van der Waals surface area contributed by atoms with Crippen LogP contribution in [0.2, 0.25) is 10.0 Å². The summed E-state index contributed by atoms with van der Waals surface area (Å²) in [7, 11) is 1.48. The Labute approximate surface area is 234 Å². The van der Waals surface area contributed by atoms with E-state index in [0.717, 1.165) is 33.5 Å². The topological polar surface area (TPSA) is 84.9 Å². The normalized spacial score (nSPS) is 14.2. The molecule has 1 saturated heterocycles. The SMILES string of the molecule is COc1cc(/C=C2\SC(=O)N(Cc3ccc(Cl)c(Cl)c3)C2=O)ccc1OCC(=O)Nc1cccc(C)c1C. The second-order valence-corrected chi connectivity index (χ2v) is 10.3. The van der Waals surface area contributed by atoms with Crippen LogP contribution in [0, 0.1) is 13.8 Å². The first-order chi connectivity index (χ1) is 18.2. The molecule has 0 radical (unpaired) electrons. The molecule has 3 aromatic carbocycles. The van der Waals surface area contributed by atoms with E-state index in [-0.39, 0.29) is 29.2 Å². The minimum absolute atomic E-state index is 0.0825. The highest BCUT2D eigenvalue weighted by Gasteiger charge is 2.35. The number of amides is 3. The van der Waals surface area contributed by atoms with Crippen LogP contribution in [0.4, 0.5) is 10.5 Å². The van der Waals surface area contributed by atoms with Crippen LogP contribution in [-0.2, 0) is 16.1 Å². The fraction of sp³-hybridized carbons (Fsp3) is 0.179. The Morgan fingerprint density at radius 3 is 2.55 bits per heavy atom. The smallest absolute Gasteiger partial charge is 0.293 e. The van der Waals surface area contributed by atoms with Gasteiger partial charge in [0.15, 0.2) is 18.1 Å². The van der Waals surface area contributed by atoms with Crippen LogP contribution in [0.1, 0.15) is 22.3 Å². The number of hydrogen-bond acceptors (Lipinski definition) is 6. The first kappa shape index (κ1) is 27.6. The summed E-state index contributed by atoms with van der Waals surface area (Å²) in [6, 6.07) is 15.7. The fourth-order valence-corrected chi connectivity index (χ4v) is 4.88. The monoisotopic (exact) mass is 570 g/mol. The van der Waals surface area contributed by atoms with E-state index in [1.807, 2.05) is 32.0 Å². The molecular formula is C28H24Cl2N2O5S. The van der Waals surface area contributed by atoms with Gasteiger partial charge in [0.05, 0.1) is 28.6 Å². The number of carbonyl (C=O) groups excluding carboxylic acids is 3. The van der Waals surface area contributed by atoms with Gasteiger partial charge in [-0.25, -0.2) is 0 Å². The standard InChI is InChI=1S/C28H24Cl2N2O5S/c1-16-5-4-6-22(17(16)2)31-26(33)15-37-23-10-8-18(12-24(23)36-3)13-25-27(34)32(28(35)38-25)14-19-7-9-20(29)21(30)11-19/h4-13H,14-15H2,1-3H3,(H,31,33)/b25-13-. The van der Waals surface area contributed by atoms with E-state index >= 15 is 0 Å². The molecule has 0 saturated carbocycles. The lowest BCUT2D eigenvalue weighted by Crippen LogP contribution is -2.27. The summed E-state index contributed by atoms with van der Waals surface area (Å²) in [5, 5.41) is 3.22. The molecule has 0 unspecified atom stereocenters. The number of imide groups is 1. The molecule has 4 rings (SSSR count). The number of ether oxygens (including phenoxy) is 2. The summed E-state index contributed by atoms with van der Waals surface area (Å²) in [6.07, 6.45) is 1.61. The van der Waals surface area contributed by atoms with Crippen LogP contribution in [-0.4, -0.2) is 35.7 Å². The average molecular weight is 571 g/mol. The van der Waals surface area contributed by atoms with Gasteiger partial charge >= 0.3 is 0 Å². The van der Waals surface area contributed by atoms with Crippen molar-refractivity contribution in [1.82, 2.24) is 4.90 Å². The van der Waals surface area contributed by atoms with Crippen molar-refractivity contribution in [1.29, 1.82) is 0 Å². The van der Waals surface area contributed by atoms with Gasteiger partial charge < -0.3 is 14.8 Å². The van der Waals surface area contributed by atoms with Crippen molar-refractivity contribution >= 4 is 63.8 Å². The number of benzene rings is 3. The molecular weight excluding hydrogens is 547 g/mol. The predicted molar refractivity (Wildman–Crippen MR) is 151 cm³/mol. The van der Waals surface area contributed by atoms with Gasteiger partial charge in [-0.1, -0.05) is 47.5 Å². The lowest BCUT2D eigenvalue weighted by atomic mass is 10.1. The Kier molecular flexibility index (Phi) is 8.66. The molecule has 0 aliphatic carbocycles.